The highest BCUT2D eigenvalue weighted by atomic mass is 14.8. The van der Waals surface area contributed by atoms with Gasteiger partial charge < -0.3 is 4.98 Å². The highest BCUT2D eigenvalue weighted by molar-refractivity contribution is 5.93. The van der Waals surface area contributed by atoms with E-state index in [4.69, 9.17) is 5.26 Å². The largest absolute Gasteiger partial charge is 0.346 e. The van der Waals surface area contributed by atoms with E-state index >= 15 is 0 Å². The first kappa shape index (κ1) is 9.55. The number of H-pyrrole nitrogens is 1. The second-order valence-corrected chi connectivity index (χ2v) is 3.65. The molecular formula is C13H8N4. The quantitative estimate of drug-likeness (QED) is 0.685. The Labute approximate surface area is 97.6 Å². The summed E-state index contributed by atoms with van der Waals surface area (Å²) in [6.07, 6.45) is 5.36. The maximum absolute atomic E-state index is 8.70. The fraction of sp³-hybridized carbons (Fsp3) is 0. The van der Waals surface area contributed by atoms with Gasteiger partial charge in [0, 0.05) is 35.1 Å². The van der Waals surface area contributed by atoms with Crippen molar-refractivity contribution in [2.45, 2.75) is 0 Å². The number of nitriles is 1. The summed E-state index contributed by atoms with van der Waals surface area (Å²) in [6.45, 7) is 0. The summed E-state index contributed by atoms with van der Waals surface area (Å²) in [6, 6.07) is 9.51. The molecule has 0 bridgehead atoms. The molecule has 0 amide bonds. The highest BCUT2D eigenvalue weighted by Gasteiger charge is 2.06. The van der Waals surface area contributed by atoms with Crippen LogP contribution in [0.1, 0.15) is 5.69 Å². The van der Waals surface area contributed by atoms with Gasteiger partial charge in [-0.2, -0.15) is 5.26 Å². The van der Waals surface area contributed by atoms with Crippen molar-refractivity contribution in [1.82, 2.24) is 15.0 Å². The van der Waals surface area contributed by atoms with Gasteiger partial charge in [0.1, 0.15) is 17.4 Å². The maximum Gasteiger partial charge on any atom is 0.140 e. The maximum atomic E-state index is 8.70. The fourth-order valence-electron chi connectivity index (χ4n) is 1.81. The molecule has 80 valence electrons. The van der Waals surface area contributed by atoms with Crippen LogP contribution in [-0.2, 0) is 0 Å². The van der Waals surface area contributed by atoms with Crippen LogP contribution in [0.3, 0.4) is 0 Å². The molecule has 3 aromatic heterocycles. The van der Waals surface area contributed by atoms with Crippen LogP contribution in [0, 0.1) is 11.3 Å². The SMILES string of the molecule is N#Cc1ccc(-c2c[nH]c3ncccc23)cn1. The minimum atomic E-state index is 0.423. The zero-order valence-electron chi connectivity index (χ0n) is 8.88. The monoisotopic (exact) mass is 220 g/mol. The second-order valence-electron chi connectivity index (χ2n) is 3.65. The molecule has 1 N–H and O–H groups in total. The summed E-state index contributed by atoms with van der Waals surface area (Å²) in [5, 5.41) is 9.76. The first-order valence-corrected chi connectivity index (χ1v) is 5.17. The zero-order valence-corrected chi connectivity index (χ0v) is 8.88. The average molecular weight is 220 g/mol. The lowest BCUT2D eigenvalue weighted by Gasteiger charge is -1.98. The van der Waals surface area contributed by atoms with Gasteiger partial charge in [-0.25, -0.2) is 9.97 Å². The number of nitrogens with zero attached hydrogens (tertiary/aromatic N) is 3. The Bertz CT molecular complexity index is 704. The number of aromatic nitrogens is 3. The van der Waals surface area contributed by atoms with E-state index in [1.54, 1.807) is 18.5 Å². The molecule has 3 aromatic rings. The van der Waals surface area contributed by atoms with Gasteiger partial charge in [0.25, 0.3) is 0 Å². The first-order valence-electron chi connectivity index (χ1n) is 5.17. The molecular weight excluding hydrogens is 212 g/mol. The third-order valence-electron chi connectivity index (χ3n) is 2.64. The molecule has 0 aromatic carbocycles. The minimum absolute atomic E-state index is 0.423. The number of hydrogen-bond donors (Lipinski definition) is 1. The van der Waals surface area contributed by atoms with Gasteiger partial charge in [-0.1, -0.05) is 0 Å². The molecule has 4 nitrogen and oxygen atoms in total. The summed E-state index contributed by atoms with van der Waals surface area (Å²) in [5.74, 6) is 0. The highest BCUT2D eigenvalue weighted by Crippen LogP contribution is 2.26. The van der Waals surface area contributed by atoms with Crippen molar-refractivity contribution in [2.24, 2.45) is 0 Å². The number of nitrogens with one attached hydrogen (secondary N) is 1. The lowest BCUT2D eigenvalue weighted by Crippen LogP contribution is -1.83. The van der Waals surface area contributed by atoms with Crippen molar-refractivity contribution in [3.63, 3.8) is 0 Å². The number of hydrogen-bond acceptors (Lipinski definition) is 3. The van der Waals surface area contributed by atoms with E-state index in [2.05, 4.69) is 15.0 Å². The summed E-state index contributed by atoms with van der Waals surface area (Å²) in [7, 11) is 0. The van der Waals surface area contributed by atoms with Crippen LogP contribution < -0.4 is 0 Å². The molecule has 0 spiro atoms. The van der Waals surface area contributed by atoms with Gasteiger partial charge in [0.2, 0.25) is 0 Å². The van der Waals surface area contributed by atoms with Gasteiger partial charge >= 0.3 is 0 Å². The van der Waals surface area contributed by atoms with Crippen molar-refractivity contribution >= 4 is 11.0 Å². The predicted octanol–water partition coefficient (Wildman–Crippen LogP) is 2.50. The molecule has 0 saturated heterocycles. The predicted molar refractivity (Wildman–Crippen MR) is 64.0 cm³/mol. The number of rotatable bonds is 1. The van der Waals surface area contributed by atoms with Crippen LogP contribution in [0.5, 0.6) is 0 Å². The molecule has 0 aliphatic heterocycles. The normalized spacial score (nSPS) is 10.3. The van der Waals surface area contributed by atoms with Crippen LogP contribution in [0.4, 0.5) is 0 Å². The second kappa shape index (κ2) is 3.72. The molecule has 0 aliphatic rings. The summed E-state index contributed by atoms with van der Waals surface area (Å²) in [5.41, 5.74) is 3.30. The van der Waals surface area contributed by atoms with E-state index in [0.717, 1.165) is 22.2 Å². The van der Waals surface area contributed by atoms with Crippen molar-refractivity contribution in [3.8, 4) is 17.2 Å². The Morgan fingerprint density at radius 2 is 2.12 bits per heavy atom. The Hall–Kier alpha value is -2.67. The van der Waals surface area contributed by atoms with Crippen LogP contribution >= 0.6 is 0 Å². The van der Waals surface area contributed by atoms with E-state index < -0.39 is 0 Å². The molecule has 0 fully saturated rings. The van der Waals surface area contributed by atoms with Crippen molar-refractivity contribution < 1.29 is 0 Å². The van der Waals surface area contributed by atoms with Crippen LogP contribution in [0.25, 0.3) is 22.2 Å². The third kappa shape index (κ3) is 1.54. The van der Waals surface area contributed by atoms with Crippen molar-refractivity contribution in [2.75, 3.05) is 0 Å². The smallest absolute Gasteiger partial charge is 0.140 e. The Morgan fingerprint density at radius 3 is 2.88 bits per heavy atom. The van der Waals surface area contributed by atoms with Gasteiger partial charge in [0.15, 0.2) is 0 Å². The number of aromatic amines is 1. The molecule has 0 atom stereocenters. The standard InChI is InChI=1S/C13H8N4/c14-6-10-4-3-9(7-16-10)12-8-17-13-11(12)2-1-5-15-13/h1-5,7-8H,(H,15,17). The Kier molecular flexibility index (Phi) is 2.09. The van der Waals surface area contributed by atoms with Crippen LogP contribution in [0.15, 0.2) is 42.9 Å². The van der Waals surface area contributed by atoms with Gasteiger partial charge in [0.05, 0.1) is 0 Å². The zero-order chi connectivity index (χ0) is 11.7. The van der Waals surface area contributed by atoms with E-state index in [1.807, 2.05) is 30.5 Å². The van der Waals surface area contributed by atoms with E-state index in [0.29, 0.717) is 5.69 Å². The lowest BCUT2D eigenvalue weighted by molar-refractivity contribution is 1.27. The number of fused-ring (bicyclic) bond motifs is 1. The molecule has 4 heteroatoms. The minimum Gasteiger partial charge on any atom is -0.346 e. The van der Waals surface area contributed by atoms with Crippen LogP contribution in [0.2, 0.25) is 0 Å². The van der Waals surface area contributed by atoms with Crippen molar-refractivity contribution in [3.05, 3.63) is 48.5 Å². The molecule has 0 saturated carbocycles. The summed E-state index contributed by atoms with van der Waals surface area (Å²) < 4.78 is 0. The molecule has 0 radical (unpaired) electrons. The fourth-order valence-corrected chi connectivity index (χ4v) is 1.81. The number of pyridine rings is 2. The Balaban J connectivity index is 2.17. The molecule has 3 rings (SSSR count). The molecule has 0 aliphatic carbocycles. The van der Waals surface area contributed by atoms with Gasteiger partial charge in [-0.3, -0.25) is 0 Å². The van der Waals surface area contributed by atoms with Gasteiger partial charge in [-0.05, 0) is 24.3 Å². The Morgan fingerprint density at radius 1 is 1.18 bits per heavy atom. The molecule has 0 unspecified atom stereocenters. The van der Waals surface area contributed by atoms with Crippen molar-refractivity contribution in [1.29, 1.82) is 5.26 Å². The lowest BCUT2D eigenvalue weighted by atomic mass is 10.1. The van der Waals surface area contributed by atoms with E-state index in [-0.39, 0.29) is 0 Å². The van der Waals surface area contributed by atoms with Crippen LogP contribution in [-0.4, -0.2) is 15.0 Å². The third-order valence-corrected chi connectivity index (χ3v) is 2.64. The first-order chi connectivity index (χ1) is 8.38. The van der Waals surface area contributed by atoms with E-state index in [9.17, 15) is 0 Å². The molecule has 3 heterocycles. The average Bonchev–Trinajstić information content (AvgIpc) is 2.83. The summed E-state index contributed by atoms with van der Waals surface area (Å²) >= 11 is 0. The van der Waals surface area contributed by atoms with Gasteiger partial charge in [-0.15, -0.1) is 0 Å². The summed E-state index contributed by atoms with van der Waals surface area (Å²) in [4.78, 5) is 11.4. The van der Waals surface area contributed by atoms with E-state index in [1.165, 1.54) is 0 Å². The topological polar surface area (TPSA) is 65.4 Å². The molecule has 17 heavy (non-hydrogen) atoms.